The van der Waals surface area contributed by atoms with Crippen molar-refractivity contribution in [3.63, 3.8) is 0 Å². The summed E-state index contributed by atoms with van der Waals surface area (Å²) in [6, 6.07) is 14.2. The fourth-order valence-corrected chi connectivity index (χ4v) is 5.05. The minimum Gasteiger partial charge on any atom is -0.351 e. The average Bonchev–Trinajstić information content (AvgIpc) is 3.19. The second-order valence-electron chi connectivity index (χ2n) is 9.57. The quantitative estimate of drug-likeness (QED) is 0.724. The number of rotatable bonds is 6. The number of fused-ring (bicyclic) bond motifs is 1. The summed E-state index contributed by atoms with van der Waals surface area (Å²) >= 11 is 0. The van der Waals surface area contributed by atoms with Gasteiger partial charge in [0.15, 0.2) is 0 Å². The first kappa shape index (κ1) is 21.7. The molecular weight excluding hydrogens is 386 g/mol. The van der Waals surface area contributed by atoms with Crippen LogP contribution in [0, 0.1) is 5.92 Å². The topological polar surface area (TPSA) is 54.3 Å². The van der Waals surface area contributed by atoms with Crippen LogP contribution in [-0.4, -0.2) is 39.4 Å². The highest BCUT2D eigenvalue weighted by Gasteiger charge is 2.47. The number of nitrogens with one attached hydrogen (secondary N) is 1. The molecule has 0 saturated heterocycles. The summed E-state index contributed by atoms with van der Waals surface area (Å²) in [5.41, 5.74) is 1.83. The van der Waals surface area contributed by atoms with Gasteiger partial charge in [-0.1, -0.05) is 50.6 Å². The highest BCUT2D eigenvalue weighted by molar-refractivity contribution is 6.00. The van der Waals surface area contributed by atoms with Crippen LogP contribution in [-0.2, 0) is 11.3 Å². The summed E-state index contributed by atoms with van der Waals surface area (Å²) in [6.45, 7) is 7.42. The van der Waals surface area contributed by atoms with Crippen LogP contribution in [0.5, 0.6) is 0 Å². The van der Waals surface area contributed by atoms with E-state index < -0.39 is 5.54 Å². The van der Waals surface area contributed by atoms with Crippen LogP contribution in [0.1, 0.15) is 69.8 Å². The van der Waals surface area contributed by atoms with Crippen molar-refractivity contribution in [2.45, 2.75) is 77.4 Å². The fraction of sp³-hybridized carbons (Fsp3) is 0.538. The Morgan fingerprint density at radius 1 is 1.06 bits per heavy atom. The molecule has 5 heteroatoms. The number of unbranched alkanes of at least 4 members (excludes halogenated alkanes) is 1. The molecule has 1 saturated carbocycles. The molecule has 1 fully saturated rings. The third kappa shape index (κ3) is 4.15. The van der Waals surface area contributed by atoms with E-state index in [0.29, 0.717) is 18.8 Å². The molecule has 1 aromatic carbocycles. The molecule has 2 aromatic rings. The van der Waals surface area contributed by atoms with Gasteiger partial charge in [0.25, 0.3) is 5.91 Å². The van der Waals surface area contributed by atoms with Crippen LogP contribution < -0.4 is 5.32 Å². The van der Waals surface area contributed by atoms with E-state index in [-0.39, 0.29) is 17.9 Å². The molecule has 4 rings (SSSR count). The number of benzene rings is 1. The highest BCUT2D eigenvalue weighted by atomic mass is 16.2. The van der Waals surface area contributed by atoms with E-state index in [9.17, 15) is 9.59 Å². The van der Waals surface area contributed by atoms with Gasteiger partial charge >= 0.3 is 0 Å². The van der Waals surface area contributed by atoms with Crippen LogP contribution in [0.3, 0.4) is 0 Å². The number of nitrogens with zero attached hydrogens (tertiary/aromatic N) is 2. The number of carbonyl (C=O) groups is 2. The van der Waals surface area contributed by atoms with Gasteiger partial charge in [-0.15, -0.1) is 0 Å². The first-order valence-corrected chi connectivity index (χ1v) is 11.8. The van der Waals surface area contributed by atoms with Crippen molar-refractivity contribution in [1.82, 2.24) is 14.8 Å². The molecule has 1 aliphatic carbocycles. The third-order valence-corrected chi connectivity index (χ3v) is 7.15. The Balaban J connectivity index is 1.66. The van der Waals surface area contributed by atoms with E-state index in [1.54, 1.807) is 0 Å². The summed E-state index contributed by atoms with van der Waals surface area (Å²) in [5.74, 6) is 0.670. The SMILES string of the molecule is CCCCN1C(=O)c2ccc(-c3ccccc3)n2CC1(C)C(=O)NC1CCC(C)CC1. The van der Waals surface area contributed by atoms with Crippen molar-refractivity contribution in [2.24, 2.45) is 5.92 Å². The minimum atomic E-state index is -0.898. The fourth-order valence-electron chi connectivity index (χ4n) is 5.05. The Hall–Kier alpha value is -2.56. The Morgan fingerprint density at radius 2 is 1.74 bits per heavy atom. The van der Waals surface area contributed by atoms with Gasteiger partial charge < -0.3 is 14.8 Å². The Labute approximate surface area is 185 Å². The van der Waals surface area contributed by atoms with Gasteiger partial charge in [-0.05, 0) is 62.6 Å². The Bertz CT molecular complexity index is 927. The van der Waals surface area contributed by atoms with Crippen LogP contribution in [0.2, 0.25) is 0 Å². The number of hydrogen-bond donors (Lipinski definition) is 1. The lowest BCUT2D eigenvalue weighted by Crippen LogP contribution is -2.65. The number of aromatic nitrogens is 1. The molecule has 0 radical (unpaired) electrons. The number of amides is 2. The molecule has 1 aromatic heterocycles. The molecule has 1 aliphatic heterocycles. The predicted molar refractivity (Wildman–Crippen MR) is 124 cm³/mol. The van der Waals surface area contributed by atoms with Crippen molar-refractivity contribution in [1.29, 1.82) is 0 Å². The molecule has 1 atom stereocenters. The van der Waals surface area contributed by atoms with E-state index in [2.05, 4.69) is 31.3 Å². The summed E-state index contributed by atoms with van der Waals surface area (Å²) in [5, 5.41) is 3.31. The molecule has 0 spiro atoms. The normalized spacial score (nSPS) is 25.9. The van der Waals surface area contributed by atoms with E-state index >= 15 is 0 Å². The summed E-state index contributed by atoms with van der Waals surface area (Å²) in [6.07, 6.45) is 6.23. The zero-order valence-electron chi connectivity index (χ0n) is 19.1. The summed E-state index contributed by atoms with van der Waals surface area (Å²) < 4.78 is 2.04. The lowest BCUT2D eigenvalue weighted by atomic mass is 9.86. The van der Waals surface area contributed by atoms with E-state index in [0.717, 1.165) is 55.7 Å². The van der Waals surface area contributed by atoms with E-state index in [1.807, 2.05) is 46.7 Å². The van der Waals surface area contributed by atoms with Crippen LogP contribution in [0.25, 0.3) is 11.3 Å². The van der Waals surface area contributed by atoms with Crippen molar-refractivity contribution < 1.29 is 9.59 Å². The van der Waals surface area contributed by atoms with E-state index in [4.69, 9.17) is 0 Å². The van der Waals surface area contributed by atoms with Crippen LogP contribution in [0.4, 0.5) is 0 Å². The molecule has 31 heavy (non-hydrogen) atoms. The highest BCUT2D eigenvalue weighted by Crippen LogP contribution is 2.34. The lowest BCUT2D eigenvalue weighted by Gasteiger charge is -2.45. The standard InChI is InChI=1S/C26H35N3O2/c1-4-5-17-29-24(30)23-16-15-22(20-9-7-6-8-10-20)28(23)18-26(29,3)25(31)27-21-13-11-19(2)12-14-21/h6-10,15-16,19,21H,4-5,11-14,17-18H2,1-3H3,(H,27,31). The van der Waals surface area contributed by atoms with Crippen LogP contribution >= 0.6 is 0 Å². The summed E-state index contributed by atoms with van der Waals surface area (Å²) in [4.78, 5) is 29.0. The second-order valence-corrected chi connectivity index (χ2v) is 9.57. The lowest BCUT2D eigenvalue weighted by molar-refractivity contribution is -0.133. The zero-order valence-corrected chi connectivity index (χ0v) is 19.1. The number of carbonyl (C=O) groups excluding carboxylic acids is 2. The first-order chi connectivity index (χ1) is 14.9. The minimum absolute atomic E-state index is 0.0186. The van der Waals surface area contributed by atoms with Crippen LogP contribution in [0.15, 0.2) is 42.5 Å². The molecule has 2 aliphatic rings. The maximum absolute atomic E-state index is 13.6. The Morgan fingerprint density at radius 3 is 2.42 bits per heavy atom. The molecule has 0 bridgehead atoms. The van der Waals surface area contributed by atoms with Gasteiger partial charge in [-0.2, -0.15) is 0 Å². The van der Waals surface area contributed by atoms with Crippen molar-refractivity contribution in [2.75, 3.05) is 6.54 Å². The van der Waals surface area contributed by atoms with Gasteiger partial charge in [0.1, 0.15) is 11.2 Å². The van der Waals surface area contributed by atoms with Gasteiger partial charge in [0.05, 0.1) is 6.54 Å². The average molecular weight is 422 g/mol. The van der Waals surface area contributed by atoms with Gasteiger partial charge in [-0.3, -0.25) is 9.59 Å². The molecular formula is C26H35N3O2. The second kappa shape index (κ2) is 8.89. The molecule has 5 nitrogen and oxygen atoms in total. The molecule has 1 unspecified atom stereocenters. The molecule has 166 valence electrons. The van der Waals surface area contributed by atoms with Gasteiger partial charge in [-0.25, -0.2) is 0 Å². The van der Waals surface area contributed by atoms with Crippen molar-refractivity contribution in [3.8, 4) is 11.3 Å². The van der Waals surface area contributed by atoms with Gasteiger partial charge in [0, 0.05) is 18.3 Å². The molecule has 2 heterocycles. The predicted octanol–water partition coefficient (Wildman–Crippen LogP) is 4.86. The van der Waals surface area contributed by atoms with Crippen molar-refractivity contribution in [3.05, 3.63) is 48.2 Å². The monoisotopic (exact) mass is 421 g/mol. The summed E-state index contributed by atoms with van der Waals surface area (Å²) in [7, 11) is 0. The number of hydrogen-bond acceptors (Lipinski definition) is 2. The maximum Gasteiger partial charge on any atom is 0.271 e. The maximum atomic E-state index is 13.6. The molecule has 2 amide bonds. The smallest absolute Gasteiger partial charge is 0.271 e. The van der Waals surface area contributed by atoms with Gasteiger partial charge in [0.2, 0.25) is 5.91 Å². The largest absolute Gasteiger partial charge is 0.351 e. The molecule has 1 N–H and O–H groups in total. The van der Waals surface area contributed by atoms with Crippen molar-refractivity contribution >= 4 is 11.8 Å². The van der Waals surface area contributed by atoms with E-state index in [1.165, 1.54) is 0 Å². The Kier molecular flexibility index (Phi) is 6.22. The first-order valence-electron chi connectivity index (χ1n) is 11.8. The third-order valence-electron chi connectivity index (χ3n) is 7.15. The zero-order chi connectivity index (χ0) is 22.0.